The van der Waals surface area contributed by atoms with E-state index in [1.54, 1.807) is 0 Å². The lowest BCUT2D eigenvalue weighted by Gasteiger charge is -2.15. The number of carbonyl (C=O) groups excluding carboxylic acids is 2. The molecule has 0 aromatic carbocycles. The minimum atomic E-state index is -0.778. The normalized spacial score (nSPS) is 12.6. The molecule has 0 spiro atoms. The quantitative estimate of drug-likeness (QED) is 0.0380. The molecule has 1 unspecified atom stereocenters. The highest BCUT2D eigenvalue weighted by Crippen LogP contribution is 2.16. The minimum Gasteiger partial charge on any atom is -0.462 e. The van der Waals surface area contributed by atoms with Gasteiger partial charge in [0.2, 0.25) is 0 Å². The fraction of sp³-hybridized carbons (Fsp3) is 0.800. The molecule has 1 atom stereocenters. The summed E-state index contributed by atoms with van der Waals surface area (Å²) in [4.78, 5) is 24.4. The van der Waals surface area contributed by atoms with Crippen LogP contribution in [-0.2, 0) is 19.1 Å². The zero-order valence-corrected chi connectivity index (χ0v) is 36.4. The maximum absolute atomic E-state index is 12.2. The molecule has 0 bridgehead atoms. The number of unbranched alkanes of at least 4 members (excludes halogenated alkanes) is 27. The van der Waals surface area contributed by atoms with E-state index in [-0.39, 0.29) is 25.2 Å². The van der Waals surface area contributed by atoms with E-state index in [1.807, 2.05) is 0 Å². The second-order valence-corrected chi connectivity index (χ2v) is 15.8. The molecule has 0 aromatic rings. The molecule has 0 heterocycles. The summed E-state index contributed by atoms with van der Waals surface area (Å²) in [5.41, 5.74) is 0. The van der Waals surface area contributed by atoms with Crippen LogP contribution in [0.2, 0.25) is 0 Å². The van der Waals surface area contributed by atoms with Crippen LogP contribution in [-0.4, -0.2) is 36.4 Å². The molecule has 5 heteroatoms. The van der Waals surface area contributed by atoms with E-state index in [9.17, 15) is 14.7 Å². The molecule has 1 N–H and O–H groups in total. The van der Waals surface area contributed by atoms with Crippen molar-refractivity contribution in [3.05, 3.63) is 48.6 Å². The molecule has 0 amide bonds. The average Bonchev–Trinajstić information content (AvgIpc) is 3.19. The highest BCUT2D eigenvalue weighted by atomic mass is 16.6. The first-order valence-electron chi connectivity index (χ1n) is 23.7. The summed E-state index contributed by atoms with van der Waals surface area (Å²) in [6, 6.07) is 0. The van der Waals surface area contributed by atoms with Crippen molar-refractivity contribution in [2.24, 2.45) is 0 Å². The molecule has 320 valence electrons. The molecule has 0 radical (unpaired) electrons. The third-order valence-corrected chi connectivity index (χ3v) is 10.4. The van der Waals surface area contributed by atoms with E-state index < -0.39 is 6.10 Å². The smallest absolute Gasteiger partial charge is 0.306 e. The topological polar surface area (TPSA) is 72.8 Å². The Hall–Kier alpha value is -2.14. The summed E-state index contributed by atoms with van der Waals surface area (Å²) >= 11 is 0. The maximum Gasteiger partial charge on any atom is 0.306 e. The Morgan fingerprint density at radius 3 is 1.18 bits per heavy atom. The van der Waals surface area contributed by atoms with Crippen LogP contribution < -0.4 is 0 Å². The Kier molecular flexibility index (Phi) is 44.4. The van der Waals surface area contributed by atoms with E-state index in [2.05, 4.69) is 62.5 Å². The molecule has 0 aliphatic rings. The average molecular weight is 771 g/mol. The minimum absolute atomic E-state index is 0.0698. The van der Waals surface area contributed by atoms with Gasteiger partial charge < -0.3 is 14.6 Å². The summed E-state index contributed by atoms with van der Waals surface area (Å²) in [5.74, 6) is -0.598. The predicted octanol–water partition coefficient (Wildman–Crippen LogP) is 15.4. The molecular formula is C50H90O5. The van der Waals surface area contributed by atoms with Crippen LogP contribution in [0.25, 0.3) is 0 Å². The van der Waals surface area contributed by atoms with E-state index in [1.165, 1.54) is 141 Å². The second kappa shape index (κ2) is 46.2. The SMILES string of the molecule is CC/C=C\C/C=C\C/C=C\C/C=C\CCCCCCCCC(=O)OC(CO)COC(=O)CCCCCCCCCCCCCCCCCCCCCCCC. The molecule has 0 saturated heterocycles. The van der Waals surface area contributed by atoms with Crippen molar-refractivity contribution in [2.75, 3.05) is 13.2 Å². The number of aliphatic hydroxyl groups excluding tert-OH is 1. The van der Waals surface area contributed by atoms with Crippen LogP contribution in [0.4, 0.5) is 0 Å². The largest absolute Gasteiger partial charge is 0.462 e. The number of carbonyl (C=O) groups is 2. The number of aliphatic hydroxyl groups is 1. The molecule has 0 aromatic heterocycles. The van der Waals surface area contributed by atoms with Crippen LogP contribution in [0, 0.1) is 0 Å². The Balaban J connectivity index is 3.51. The molecule has 0 fully saturated rings. The number of esters is 2. The first kappa shape index (κ1) is 52.9. The van der Waals surface area contributed by atoms with Gasteiger partial charge in [-0.05, 0) is 51.4 Å². The standard InChI is InChI=1S/C50H90O5/c1-3-5-7-9-11-13-15-17-19-21-23-24-25-27-28-30-32-34-36-38-40-42-44-49(52)54-47-48(46-51)55-50(53)45-43-41-39-37-35-33-31-29-26-22-20-18-16-14-12-10-8-6-4-2/h6,8,12,14,18,20,26,29,48,51H,3-5,7,9-11,13,15-17,19,21-25,27-28,30-47H2,1-2H3/b8-6-,14-12-,20-18-,29-26-. The van der Waals surface area contributed by atoms with E-state index in [4.69, 9.17) is 9.47 Å². The molecule has 0 aliphatic heterocycles. The van der Waals surface area contributed by atoms with Gasteiger partial charge in [0.15, 0.2) is 6.10 Å². The lowest BCUT2D eigenvalue weighted by molar-refractivity contribution is -0.161. The van der Waals surface area contributed by atoms with Crippen molar-refractivity contribution in [3.63, 3.8) is 0 Å². The van der Waals surface area contributed by atoms with Gasteiger partial charge >= 0.3 is 11.9 Å². The Bertz CT molecular complexity index is 919. The molecule has 0 saturated carbocycles. The molecule has 0 rings (SSSR count). The monoisotopic (exact) mass is 771 g/mol. The van der Waals surface area contributed by atoms with Crippen LogP contribution in [0.15, 0.2) is 48.6 Å². The van der Waals surface area contributed by atoms with Crippen molar-refractivity contribution in [1.29, 1.82) is 0 Å². The van der Waals surface area contributed by atoms with Crippen LogP contribution >= 0.6 is 0 Å². The number of ether oxygens (including phenoxy) is 2. The summed E-state index contributed by atoms with van der Waals surface area (Å²) in [6.07, 6.45) is 59.1. The fourth-order valence-electron chi connectivity index (χ4n) is 6.84. The summed E-state index contributed by atoms with van der Waals surface area (Å²) in [5, 5.41) is 9.60. The zero-order chi connectivity index (χ0) is 40.0. The van der Waals surface area contributed by atoms with Gasteiger partial charge in [-0.15, -0.1) is 0 Å². The highest BCUT2D eigenvalue weighted by molar-refractivity contribution is 5.70. The lowest BCUT2D eigenvalue weighted by Crippen LogP contribution is -2.28. The predicted molar refractivity (Wildman–Crippen MR) is 237 cm³/mol. The van der Waals surface area contributed by atoms with Crippen molar-refractivity contribution in [3.8, 4) is 0 Å². The van der Waals surface area contributed by atoms with Gasteiger partial charge in [-0.1, -0.05) is 223 Å². The van der Waals surface area contributed by atoms with Gasteiger partial charge in [0.05, 0.1) is 6.61 Å². The number of hydrogen-bond acceptors (Lipinski definition) is 5. The van der Waals surface area contributed by atoms with Crippen molar-refractivity contribution >= 4 is 11.9 Å². The Morgan fingerprint density at radius 1 is 0.436 bits per heavy atom. The second-order valence-electron chi connectivity index (χ2n) is 15.8. The summed E-state index contributed by atoms with van der Waals surface area (Å²) in [7, 11) is 0. The Labute approximate surface area is 341 Å². The zero-order valence-electron chi connectivity index (χ0n) is 36.4. The van der Waals surface area contributed by atoms with Crippen molar-refractivity contribution in [1.82, 2.24) is 0 Å². The molecule has 55 heavy (non-hydrogen) atoms. The van der Waals surface area contributed by atoms with Gasteiger partial charge in [0.25, 0.3) is 0 Å². The van der Waals surface area contributed by atoms with E-state index in [0.29, 0.717) is 12.8 Å². The summed E-state index contributed by atoms with van der Waals surface area (Å²) in [6.45, 7) is 4.04. The lowest BCUT2D eigenvalue weighted by atomic mass is 10.0. The van der Waals surface area contributed by atoms with Crippen LogP contribution in [0.3, 0.4) is 0 Å². The maximum atomic E-state index is 12.2. The molecular weight excluding hydrogens is 681 g/mol. The van der Waals surface area contributed by atoms with Crippen LogP contribution in [0.1, 0.15) is 239 Å². The first-order chi connectivity index (χ1) is 27.1. The van der Waals surface area contributed by atoms with Crippen molar-refractivity contribution in [2.45, 2.75) is 245 Å². The van der Waals surface area contributed by atoms with E-state index >= 15 is 0 Å². The third-order valence-electron chi connectivity index (χ3n) is 10.4. The molecule has 0 aliphatic carbocycles. The van der Waals surface area contributed by atoms with Crippen LogP contribution in [0.5, 0.6) is 0 Å². The fourth-order valence-corrected chi connectivity index (χ4v) is 6.84. The highest BCUT2D eigenvalue weighted by Gasteiger charge is 2.16. The number of allylic oxidation sites excluding steroid dienone is 8. The molecule has 5 nitrogen and oxygen atoms in total. The van der Waals surface area contributed by atoms with Gasteiger partial charge in [0, 0.05) is 12.8 Å². The van der Waals surface area contributed by atoms with Gasteiger partial charge in [-0.3, -0.25) is 9.59 Å². The van der Waals surface area contributed by atoms with Gasteiger partial charge in [-0.2, -0.15) is 0 Å². The summed E-state index contributed by atoms with van der Waals surface area (Å²) < 4.78 is 10.7. The van der Waals surface area contributed by atoms with Crippen molar-refractivity contribution < 1.29 is 24.2 Å². The third kappa shape index (κ3) is 44.4. The van der Waals surface area contributed by atoms with Gasteiger partial charge in [-0.25, -0.2) is 0 Å². The Morgan fingerprint density at radius 2 is 0.782 bits per heavy atom. The van der Waals surface area contributed by atoms with Gasteiger partial charge in [0.1, 0.15) is 6.61 Å². The number of rotatable bonds is 43. The first-order valence-corrected chi connectivity index (χ1v) is 23.7. The van der Waals surface area contributed by atoms with E-state index in [0.717, 1.165) is 70.6 Å². The number of hydrogen-bond donors (Lipinski definition) is 1.